The topological polar surface area (TPSA) is 61.4 Å². The lowest BCUT2D eigenvalue weighted by Crippen LogP contribution is -2.33. The number of hydrogen-bond donors (Lipinski definition) is 2. The molecule has 0 unspecified atom stereocenters. The molecule has 2 aromatic rings. The highest BCUT2D eigenvalue weighted by molar-refractivity contribution is 6.05. The fourth-order valence-electron chi connectivity index (χ4n) is 3.60. The van der Waals surface area contributed by atoms with Crippen molar-refractivity contribution >= 4 is 23.2 Å². The van der Waals surface area contributed by atoms with Gasteiger partial charge in [-0.3, -0.25) is 14.5 Å². The Hall–Kier alpha value is -2.66. The molecule has 148 valence electrons. The lowest BCUT2D eigenvalue weighted by atomic mass is 10.1. The van der Waals surface area contributed by atoms with Gasteiger partial charge in [-0.15, -0.1) is 0 Å². The summed E-state index contributed by atoms with van der Waals surface area (Å²) in [4.78, 5) is 27.1. The van der Waals surface area contributed by atoms with Crippen molar-refractivity contribution in [3.63, 3.8) is 0 Å². The highest BCUT2D eigenvalue weighted by Crippen LogP contribution is 2.21. The van der Waals surface area contributed by atoms with Crippen molar-refractivity contribution in [1.82, 2.24) is 4.90 Å². The molecule has 1 aliphatic rings. The maximum atomic E-state index is 12.5. The van der Waals surface area contributed by atoms with Gasteiger partial charge in [0.1, 0.15) is 0 Å². The van der Waals surface area contributed by atoms with E-state index in [4.69, 9.17) is 0 Å². The van der Waals surface area contributed by atoms with Crippen molar-refractivity contribution in [3.8, 4) is 0 Å². The summed E-state index contributed by atoms with van der Waals surface area (Å²) in [6, 6.07) is 13.0. The third-order valence-corrected chi connectivity index (χ3v) is 5.22. The number of rotatable bonds is 5. The van der Waals surface area contributed by atoms with Gasteiger partial charge in [-0.2, -0.15) is 0 Å². The van der Waals surface area contributed by atoms with Crippen LogP contribution in [0.3, 0.4) is 0 Å². The third-order valence-electron chi connectivity index (χ3n) is 5.22. The number of likely N-dealkylation sites (tertiary alicyclic amines) is 1. The van der Waals surface area contributed by atoms with Crippen LogP contribution in [0, 0.1) is 13.8 Å². The van der Waals surface area contributed by atoms with Crippen LogP contribution in [-0.4, -0.2) is 36.3 Å². The van der Waals surface area contributed by atoms with E-state index < -0.39 is 0 Å². The molecule has 0 radical (unpaired) electrons. The number of carbonyl (C=O) groups is 2. The molecule has 0 saturated carbocycles. The first-order valence-electron chi connectivity index (χ1n) is 10.0. The van der Waals surface area contributed by atoms with E-state index in [0.717, 1.165) is 42.7 Å². The molecular formula is C23H29N3O2. The van der Waals surface area contributed by atoms with Crippen molar-refractivity contribution in [2.24, 2.45) is 0 Å². The van der Waals surface area contributed by atoms with Crippen molar-refractivity contribution in [1.29, 1.82) is 0 Å². The minimum absolute atomic E-state index is 0.00497. The van der Waals surface area contributed by atoms with E-state index in [2.05, 4.69) is 15.5 Å². The van der Waals surface area contributed by atoms with E-state index in [1.165, 1.54) is 12.8 Å². The first-order chi connectivity index (χ1) is 13.5. The fourth-order valence-corrected chi connectivity index (χ4v) is 3.60. The molecule has 1 fully saturated rings. The van der Waals surface area contributed by atoms with Gasteiger partial charge < -0.3 is 10.6 Å². The van der Waals surface area contributed by atoms with Crippen molar-refractivity contribution < 1.29 is 9.59 Å². The molecule has 1 aliphatic heterocycles. The molecule has 5 nitrogen and oxygen atoms in total. The summed E-state index contributed by atoms with van der Waals surface area (Å²) in [6.07, 6.45) is 4.84. The van der Waals surface area contributed by atoms with Gasteiger partial charge in [0.15, 0.2) is 0 Å². The summed E-state index contributed by atoms with van der Waals surface area (Å²) in [5, 5.41) is 5.91. The van der Waals surface area contributed by atoms with Gasteiger partial charge in [0.05, 0.1) is 6.54 Å². The van der Waals surface area contributed by atoms with Crippen LogP contribution in [0.2, 0.25) is 0 Å². The highest BCUT2D eigenvalue weighted by atomic mass is 16.2. The number of amides is 2. The maximum absolute atomic E-state index is 12.5. The molecule has 1 heterocycles. The average Bonchev–Trinajstić information content (AvgIpc) is 2.94. The van der Waals surface area contributed by atoms with Gasteiger partial charge in [0.2, 0.25) is 5.91 Å². The molecule has 2 N–H and O–H groups in total. The summed E-state index contributed by atoms with van der Waals surface area (Å²) in [6.45, 7) is 6.36. The SMILES string of the molecule is Cc1cccc(C)c1NC(=O)c1ccc(NC(=O)CN2CCCCCC2)cc1. The summed E-state index contributed by atoms with van der Waals surface area (Å²) in [5.74, 6) is -0.158. The summed E-state index contributed by atoms with van der Waals surface area (Å²) < 4.78 is 0. The van der Waals surface area contributed by atoms with E-state index in [-0.39, 0.29) is 11.8 Å². The Morgan fingerprint density at radius 1 is 0.857 bits per heavy atom. The summed E-state index contributed by atoms with van der Waals surface area (Å²) >= 11 is 0. The minimum Gasteiger partial charge on any atom is -0.325 e. The number of anilines is 2. The number of nitrogens with one attached hydrogen (secondary N) is 2. The zero-order valence-electron chi connectivity index (χ0n) is 16.8. The standard InChI is InChI=1S/C23H29N3O2/c1-17-8-7-9-18(2)22(17)25-23(28)19-10-12-20(13-11-19)24-21(27)16-26-14-5-3-4-6-15-26/h7-13H,3-6,14-16H2,1-2H3,(H,24,27)(H,25,28). The molecule has 2 amide bonds. The van der Waals surface area contributed by atoms with Crippen LogP contribution in [0.4, 0.5) is 11.4 Å². The third kappa shape index (κ3) is 5.42. The summed E-state index contributed by atoms with van der Waals surface area (Å²) in [7, 11) is 0. The molecule has 0 aromatic heterocycles. The Bertz CT molecular complexity index is 802. The Balaban J connectivity index is 1.56. The molecule has 28 heavy (non-hydrogen) atoms. The van der Waals surface area contributed by atoms with Crippen LogP contribution in [-0.2, 0) is 4.79 Å². The van der Waals surface area contributed by atoms with Gasteiger partial charge in [0.25, 0.3) is 5.91 Å². The van der Waals surface area contributed by atoms with Crippen molar-refractivity contribution in [2.45, 2.75) is 39.5 Å². The monoisotopic (exact) mass is 379 g/mol. The quantitative estimate of drug-likeness (QED) is 0.811. The van der Waals surface area contributed by atoms with Crippen molar-refractivity contribution in [3.05, 3.63) is 59.2 Å². The molecule has 0 spiro atoms. The molecule has 0 aliphatic carbocycles. The smallest absolute Gasteiger partial charge is 0.255 e. The number of hydrogen-bond acceptors (Lipinski definition) is 3. The predicted molar refractivity (Wildman–Crippen MR) is 114 cm³/mol. The van der Waals surface area contributed by atoms with Gasteiger partial charge in [0, 0.05) is 16.9 Å². The molecule has 3 rings (SSSR count). The summed E-state index contributed by atoms with van der Waals surface area (Å²) in [5.41, 5.74) is 4.19. The average molecular weight is 380 g/mol. The van der Waals surface area contributed by atoms with E-state index in [1.807, 2.05) is 32.0 Å². The zero-order chi connectivity index (χ0) is 19.9. The van der Waals surface area contributed by atoms with Crippen molar-refractivity contribution in [2.75, 3.05) is 30.3 Å². The molecule has 5 heteroatoms. The highest BCUT2D eigenvalue weighted by Gasteiger charge is 2.14. The van der Waals surface area contributed by atoms with E-state index in [0.29, 0.717) is 17.8 Å². The minimum atomic E-state index is -0.153. The van der Waals surface area contributed by atoms with E-state index >= 15 is 0 Å². The van der Waals surface area contributed by atoms with Gasteiger partial charge in [-0.05, 0) is 75.2 Å². The normalized spacial score (nSPS) is 14.9. The van der Waals surface area contributed by atoms with Gasteiger partial charge in [-0.1, -0.05) is 31.0 Å². The fraction of sp³-hybridized carbons (Fsp3) is 0.391. The van der Waals surface area contributed by atoms with Crippen LogP contribution < -0.4 is 10.6 Å². The van der Waals surface area contributed by atoms with Crippen LogP contribution in [0.25, 0.3) is 0 Å². The Labute approximate surface area is 167 Å². The van der Waals surface area contributed by atoms with Crippen LogP contribution >= 0.6 is 0 Å². The molecule has 0 bridgehead atoms. The molecule has 1 saturated heterocycles. The molecule has 0 atom stereocenters. The molecule has 2 aromatic carbocycles. The number of nitrogens with zero attached hydrogens (tertiary/aromatic N) is 1. The first-order valence-corrected chi connectivity index (χ1v) is 10.0. The first kappa shape index (κ1) is 20.1. The van der Waals surface area contributed by atoms with Gasteiger partial charge in [-0.25, -0.2) is 0 Å². The predicted octanol–water partition coefficient (Wildman–Crippen LogP) is 4.37. The lowest BCUT2D eigenvalue weighted by molar-refractivity contribution is -0.117. The second kappa shape index (κ2) is 9.51. The molecular weight excluding hydrogens is 350 g/mol. The van der Waals surface area contributed by atoms with E-state index in [9.17, 15) is 9.59 Å². The number of para-hydroxylation sites is 1. The van der Waals surface area contributed by atoms with E-state index in [1.54, 1.807) is 24.3 Å². The second-order valence-electron chi connectivity index (χ2n) is 7.54. The Kier molecular flexibility index (Phi) is 6.82. The number of benzene rings is 2. The lowest BCUT2D eigenvalue weighted by Gasteiger charge is -2.19. The number of carbonyl (C=O) groups excluding carboxylic acids is 2. The largest absolute Gasteiger partial charge is 0.325 e. The van der Waals surface area contributed by atoms with Crippen LogP contribution in [0.5, 0.6) is 0 Å². The maximum Gasteiger partial charge on any atom is 0.255 e. The Morgan fingerprint density at radius 3 is 2.07 bits per heavy atom. The van der Waals surface area contributed by atoms with Crippen LogP contribution in [0.15, 0.2) is 42.5 Å². The Morgan fingerprint density at radius 2 is 1.46 bits per heavy atom. The second-order valence-corrected chi connectivity index (χ2v) is 7.54. The number of aryl methyl sites for hydroxylation is 2. The van der Waals surface area contributed by atoms with Crippen LogP contribution in [0.1, 0.15) is 47.2 Å². The zero-order valence-corrected chi connectivity index (χ0v) is 16.8. The van der Waals surface area contributed by atoms with Gasteiger partial charge >= 0.3 is 0 Å².